The van der Waals surface area contributed by atoms with Crippen molar-refractivity contribution < 1.29 is 10.0 Å². The highest BCUT2D eigenvalue weighted by atomic mass is 16.6. The van der Waals surface area contributed by atoms with Crippen LogP contribution in [0, 0.1) is 10.1 Å². The van der Waals surface area contributed by atoms with Crippen LogP contribution in [-0.4, -0.2) is 17.1 Å². The first-order chi connectivity index (χ1) is 9.13. The second kappa shape index (κ2) is 5.49. The summed E-state index contributed by atoms with van der Waals surface area (Å²) in [6, 6.07) is 13.3. The number of nitrogens with zero attached hydrogens (tertiary/aromatic N) is 1. The first-order valence-corrected chi connectivity index (χ1v) is 5.82. The molecule has 2 aromatic rings. The van der Waals surface area contributed by atoms with E-state index in [4.69, 9.17) is 0 Å². The van der Waals surface area contributed by atoms with Crippen LogP contribution >= 0.6 is 0 Å². The summed E-state index contributed by atoms with van der Waals surface area (Å²) >= 11 is 0. The van der Waals surface area contributed by atoms with Gasteiger partial charge in [-0.05, 0) is 23.8 Å². The van der Waals surface area contributed by atoms with Crippen molar-refractivity contribution in [2.45, 2.75) is 6.10 Å². The highest BCUT2D eigenvalue weighted by Gasteiger charge is 2.15. The average molecular weight is 258 g/mol. The van der Waals surface area contributed by atoms with Gasteiger partial charge in [0.1, 0.15) is 6.10 Å². The van der Waals surface area contributed by atoms with Gasteiger partial charge in [-0.2, -0.15) is 0 Å². The lowest BCUT2D eigenvalue weighted by Crippen LogP contribution is -2.04. The zero-order chi connectivity index (χ0) is 13.8. The molecule has 2 aromatic carbocycles. The summed E-state index contributed by atoms with van der Waals surface area (Å²) in [5, 5.41) is 23.9. The lowest BCUT2D eigenvalue weighted by Gasteiger charge is -2.15. The number of para-hydroxylation sites is 1. The van der Waals surface area contributed by atoms with Crippen LogP contribution in [0.1, 0.15) is 17.2 Å². The summed E-state index contributed by atoms with van der Waals surface area (Å²) in [5.41, 5.74) is 2.19. The number of aliphatic hydroxyl groups is 1. The number of benzene rings is 2. The van der Waals surface area contributed by atoms with Gasteiger partial charge in [0.2, 0.25) is 0 Å². The van der Waals surface area contributed by atoms with E-state index in [0.29, 0.717) is 5.56 Å². The van der Waals surface area contributed by atoms with Crippen LogP contribution < -0.4 is 5.32 Å². The van der Waals surface area contributed by atoms with E-state index in [-0.39, 0.29) is 5.69 Å². The Morgan fingerprint density at radius 1 is 1.16 bits per heavy atom. The smallest absolute Gasteiger partial charge is 0.269 e. The minimum Gasteiger partial charge on any atom is -0.388 e. The maximum absolute atomic E-state index is 10.6. The lowest BCUT2D eigenvalue weighted by molar-refractivity contribution is -0.384. The van der Waals surface area contributed by atoms with E-state index in [2.05, 4.69) is 5.32 Å². The molecular weight excluding hydrogens is 244 g/mol. The Kier molecular flexibility index (Phi) is 3.77. The van der Waals surface area contributed by atoms with E-state index in [9.17, 15) is 15.2 Å². The molecule has 5 heteroatoms. The van der Waals surface area contributed by atoms with Crippen LogP contribution in [0.2, 0.25) is 0 Å². The van der Waals surface area contributed by atoms with Crippen molar-refractivity contribution in [3.8, 4) is 0 Å². The topological polar surface area (TPSA) is 75.4 Å². The summed E-state index contributed by atoms with van der Waals surface area (Å²) in [6.45, 7) is 0. The summed E-state index contributed by atoms with van der Waals surface area (Å²) in [6.07, 6.45) is -0.815. The van der Waals surface area contributed by atoms with Crippen molar-refractivity contribution >= 4 is 11.4 Å². The molecule has 98 valence electrons. The molecule has 0 spiro atoms. The lowest BCUT2D eigenvalue weighted by atomic mass is 10.00. The van der Waals surface area contributed by atoms with Gasteiger partial charge in [-0.3, -0.25) is 10.1 Å². The molecule has 0 amide bonds. The van der Waals surface area contributed by atoms with Crippen molar-refractivity contribution in [1.82, 2.24) is 0 Å². The Bertz CT molecular complexity index is 581. The number of non-ortho nitro benzene ring substituents is 1. The molecule has 0 radical (unpaired) electrons. The number of aliphatic hydroxyl groups excluding tert-OH is 1. The minimum absolute atomic E-state index is 0.0119. The zero-order valence-electron chi connectivity index (χ0n) is 10.4. The fourth-order valence-corrected chi connectivity index (χ4v) is 1.92. The molecule has 0 aliphatic rings. The molecule has 0 aliphatic heterocycles. The number of anilines is 1. The van der Waals surface area contributed by atoms with Crippen LogP contribution in [0.15, 0.2) is 48.5 Å². The van der Waals surface area contributed by atoms with Gasteiger partial charge in [-0.1, -0.05) is 18.2 Å². The van der Waals surface area contributed by atoms with Crippen LogP contribution in [0.25, 0.3) is 0 Å². The Labute approximate surface area is 110 Å². The quantitative estimate of drug-likeness (QED) is 0.653. The highest BCUT2D eigenvalue weighted by molar-refractivity contribution is 5.54. The van der Waals surface area contributed by atoms with Gasteiger partial charge in [-0.25, -0.2) is 0 Å². The second-order valence-corrected chi connectivity index (χ2v) is 4.09. The number of nitrogens with one attached hydrogen (secondary N) is 1. The standard InChI is InChI=1S/C14H14N2O3/c1-15-13-5-3-2-4-12(13)14(17)10-6-8-11(9-7-10)16(18)19/h2-9,14-15,17H,1H3. The monoisotopic (exact) mass is 258 g/mol. The molecule has 2 N–H and O–H groups in total. The summed E-state index contributed by atoms with van der Waals surface area (Å²) in [4.78, 5) is 10.1. The largest absolute Gasteiger partial charge is 0.388 e. The number of hydrogen-bond donors (Lipinski definition) is 2. The molecule has 0 aliphatic carbocycles. The van der Waals surface area contributed by atoms with E-state index in [1.54, 1.807) is 19.2 Å². The average Bonchev–Trinajstić information content (AvgIpc) is 2.46. The van der Waals surface area contributed by atoms with Crippen molar-refractivity contribution in [2.75, 3.05) is 12.4 Å². The van der Waals surface area contributed by atoms with Gasteiger partial charge in [0.25, 0.3) is 5.69 Å². The Balaban J connectivity index is 2.33. The third-order valence-corrected chi connectivity index (χ3v) is 2.94. The summed E-state index contributed by atoms with van der Waals surface area (Å²) in [7, 11) is 1.78. The Morgan fingerprint density at radius 2 is 1.79 bits per heavy atom. The van der Waals surface area contributed by atoms with E-state index >= 15 is 0 Å². The molecule has 0 heterocycles. The SMILES string of the molecule is CNc1ccccc1C(O)c1ccc([N+](=O)[O-])cc1. The van der Waals surface area contributed by atoms with E-state index in [1.165, 1.54) is 12.1 Å². The molecule has 0 aromatic heterocycles. The fourth-order valence-electron chi connectivity index (χ4n) is 1.92. The summed E-state index contributed by atoms with van der Waals surface area (Å²) in [5.74, 6) is 0. The summed E-state index contributed by atoms with van der Waals surface area (Å²) < 4.78 is 0. The van der Waals surface area contributed by atoms with Crippen LogP contribution in [0.5, 0.6) is 0 Å². The van der Waals surface area contributed by atoms with E-state index < -0.39 is 11.0 Å². The fraction of sp³-hybridized carbons (Fsp3) is 0.143. The molecule has 1 atom stereocenters. The number of hydrogen-bond acceptors (Lipinski definition) is 4. The number of nitro groups is 1. The first-order valence-electron chi connectivity index (χ1n) is 5.82. The predicted octanol–water partition coefficient (Wildman–Crippen LogP) is 2.72. The molecule has 19 heavy (non-hydrogen) atoms. The van der Waals surface area contributed by atoms with Gasteiger partial charge < -0.3 is 10.4 Å². The Morgan fingerprint density at radius 3 is 2.37 bits per heavy atom. The molecule has 0 bridgehead atoms. The van der Waals surface area contributed by atoms with Gasteiger partial charge in [0.05, 0.1) is 4.92 Å². The first kappa shape index (κ1) is 13.0. The molecule has 0 saturated carbocycles. The molecule has 0 fully saturated rings. The number of nitro benzene ring substituents is 1. The normalized spacial score (nSPS) is 11.9. The van der Waals surface area contributed by atoms with Gasteiger partial charge in [0, 0.05) is 30.4 Å². The van der Waals surface area contributed by atoms with Crippen molar-refractivity contribution in [3.63, 3.8) is 0 Å². The molecule has 0 saturated heterocycles. The maximum Gasteiger partial charge on any atom is 0.269 e. The zero-order valence-corrected chi connectivity index (χ0v) is 10.4. The molecule has 2 rings (SSSR count). The minimum atomic E-state index is -0.815. The Hall–Kier alpha value is -2.40. The highest BCUT2D eigenvalue weighted by Crippen LogP contribution is 2.28. The molecular formula is C14H14N2O3. The third-order valence-electron chi connectivity index (χ3n) is 2.94. The van der Waals surface area contributed by atoms with Crippen molar-refractivity contribution in [2.24, 2.45) is 0 Å². The van der Waals surface area contributed by atoms with Crippen LogP contribution in [0.3, 0.4) is 0 Å². The molecule has 1 unspecified atom stereocenters. The van der Waals surface area contributed by atoms with Crippen LogP contribution in [0.4, 0.5) is 11.4 Å². The van der Waals surface area contributed by atoms with E-state index in [0.717, 1.165) is 11.3 Å². The molecule has 5 nitrogen and oxygen atoms in total. The van der Waals surface area contributed by atoms with Crippen LogP contribution in [-0.2, 0) is 0 Å². The van der Waals surface area contributed by atoms with E-state index in [1.807, 2.05) is 24.3 Å². The predicted molar refractivity (Wildman–Crippen MR) is 73.1 cm³/mol. The maximum atomic E-state index is 10.6. The second-order valence-electron chi connectivity index (χ2n) is 4.09. The third kappa shape index (κ3) is 2.71. The number of rotatable bonds is 4. The van der Waals surface area contributed by atoms with Gasteiger partial charge in [0.15, 0.2) is 0 Å². The van der Waals surface area contributed by atoms with Gasteiger partial charge in [-0.15, -0.1) is 0 Å². The van der Waals surface area contributed by atoms with Gasteiger partial charge >= 0.3 is 0 Å². The van der Waals surface area contributed by atoms with Crippen molar-refractivity contribution in [1.29, 1.82) is 0 Å². The van der Waals surface area contributed by atoms with Crippen molar-refractivity contribution in [3.05, 3.63) is 69.8 Å².